The normalized spacial score (nSPS) is 19.1. The number of sulfone groups is 1. The molecule has 0 saturated carbocycles. The molecular weight excluding hydrogens is 290 g/mol. The van der Waals surface area contributed by atoms with Crippen molar-refractivity contribution in [2.45, 2.75) is 11.7 Å². The largest absolute Gasteiger partial charge is 0.496 e. The zero-order valence-electron chi connectivity index (χ0n) is 12.0. The van der Waals surface area contributed by atoms with Gasteiger partial charge in [0.1, 0.15) is 17.9 Å². The van der Waals surface area contributed by atoms with Crippen LogP contribution in [0.5, 0.6) is 5.75 Å². The molecule has 1 saturated heterocycles. The number of rotatable bonds is 3. The van der Waals surface area contributed by atoms with Crippen LogP contribution in [0.3, 0.4) is 0 Å². The van der Waals surface area contributed by atoms with E-state index in [2.05, 4.69) is 9.97 Å². The van der Waals surface area contributed by atoms with Gasteiger partial charge in [-0.1, -0.05) is 6.07 Å². The molecule has 0 spiro atoms. The lowest BCUT2D eigenvalue weighted by Crippen LogP contribution is -2.26. The first kappa shape index (κ1) is 14.1. The zero-order valence-corrected chi connectivity index (χ0v) is 12.8. The molecule has 3 rings (SSSR count). The summed E-state index contributed by atoms with van der Waals surface area (Å²) in [6, 6.07) is 5.63. The molecule has 21 heavy (non-hydrogen) atoms. The maximum atomic E-state index is 11.7. The molecule has 0 bridgehead atoms. The van der Waals surface area contributed by atoms with E-state index in [1.54, 1.807) is 7.11 Å². The van der Waals surface area contributed by atoms with E-state index < -0.39 is 9.84 Å². The highest BCUT2D eigenvalue weighted by molar-refractivity contribution is 7.91. The van der Waals surface area contributed by atoms with Gasteiger partial charge in [-0.2, -0.15) is 0 Å². The summed E-state index contributed by atoms with van der Waals surface area (Å²) in [6.07, 6.45) is 3.42. The number of hydrogen-bond acceptors (Lipinski definition) is 6. The van der Waals surface area contributed by atoms with Crippen LogP contribution in [0.4, 0.5) is 5.82 Å². The maximum Gasteiger partial charge on any atom is 0.152 e. The van der Waals surface area contributed by atoms with E-state index >= 15 is 0 Å². The molecule has 6 nitrogen and oxygen atoms in total. The van der Waals surface area contributed by atoms with Crippen LogP contribution >= 0.6 is 0 Å². The molecule has 7 heteroatoms. The van der Waals surface area contributed by atoms with Gasteiger partial charge < -0.3 is 9.64 Å². The van der Waals surface area contributed by atoms with Gasteiger partial charge in [-0.15, -0.1) is 0 Å². The molecule has 0 aliphatic carbocycles. The molecular formula is C14H17N3O3S. The number of benzene rings is 1. The van der Waals surface area contributed by atoms with Gasteiger partial charge in [-0.25, -0.2) is 18.4 Å². The van der Waals surface area contributed by atoms with Crippen LogP contribution in [0.1, 0.15) is 6.42 Å². The Morgan fingerprint density at radius 2 is 2.14 bits per heavy atom. The lowest BCUT2D eigenvalue weighted by atomic mass is 10.2. The van der Waals surface area contributed by atoms with Crippen molar-refractivity contribution in [2.75, 3.05) is 31.4 Å². The second kappa shape index (κ2) is 5.14. The van der Waals surface area contributed by atoms with Gasteiger partial charge in [0.15, 0.2) is 9.84 Å². The Morgan fingerprint density at radius 3 is 2.81 bits per heavy atom. The Labute approximate surface area is 123 Å². The lowest BCUT2D eigenvalue weighted by Gasteiger charge is -2.19. The summed E-state index contributed by atoms with van der Waals surface area (Å²) in [5.74, 6) is 1.44. The third kappa shape index (κ3) is 2.53. The Kier molecular flexibility index (Phi) is 3.44. The monoisotopic (exact) mass is 307 g/mol. The van der Waals surface area contributed by atoms with Crippen molar-refractivity contribution < 1.29 is 13.2 Å². The third-order valence-electron chi connectivity index (χ3n) is 3.87. The van der Waals surface area contributed by atoms with Crippen molar-refractivity contribution in [1.82, 2.24) is 9.97 Å². The summed E-state index contributed by atoms with van der Waals surface area (Å²) in [5.41, 5.74) is 0.794. The summed E-state index contributed by atoms with van der Waals surface area (Å²) in [5, 5.41) is 0.494. The fraction of sp³-hybridized carbons (Fsp3) is 0.429. The molecule has 0 radical (unpaired) electrons. The van der Waals surface area contributed by atoms with Crippen LogP contribution in [-0.2, 0) is 9.84 Å². The van der Waals surface area contributed by atoms with Gasteiger partial charge in [0.05, 0.1) is 23.3 Å². The first-order valence-corrected chi connectivity index (χ1v) is 8.67. The van der Waals surface area contributed by atoms with E-state index in [1.165, 1.54) is 12.6 Å². The summed E-state index contributed by atoms with van der Waals surface area (Å²) in [6.45, 7) is 1.13. The molecule has 2 aromatic rings. The second-order valence-corrected chi connectivity index (χ2v) is 7.56. The van der Waals surface area contributed by atoms with Gasteiger partial charge >= 0.3 is 0 Å². The van der Waals surface area contributed by atoms with E-state index in [-0.39, 0.29) is 5.25 Å². The number of ether oxygens (including phenoxy) is 1. The maximum absolute atomic E-state index is 11.7. The number of fused-ring (bicyclic) bond motifs is 1. The fourth-order valence-corrected chi connectivity index (χ4v) is 3.73. The molecule has 1 aliphatic heterocycles. The van der Waals surface area contributed by atoms with E-state index in [0.29, 0.717) is 25.3 Å². The first-order chi connectivity index (χ1) is 10.0. The van der Waals surface area contributed by atoms with Crippen LogP contribution in [-0.4, -0.2) is 50.1 Å². The van der Waals surface area contributed by atoms with Gasteiger partial charge in [0.2, 0.25) is 0 Å². The quantitative estimate of drug-likeness (QED) is 0.850. The number of methoxy groups -OCH3 is 1. The first-order valence-electron chi connectivity index (χ1n) is 6.72. The second-order valence-electron chi connectivity index (χ2n) is 5.24. The lowest BCUT2D eigenvalue weighted by molar-refractivity contribution is 0.419. The van der Waals surface area contributed by atoms with Crippen LogP contribution in [0, 0.1) is 0 Å². The highest BCUT2D eigenvalue weighted by atomic mass is 32.2. The number of anilines is 1. The summed E-state index contributed by atoms with van der Waals surface area (Å²) in [7, 11) is -1.42. The predicted octanol–water partition coefficient (Wildman–Crippen LogP) is 1.26. The smallest absolute Gasteiger partial charge is 0.152 e. The van der Waals surface area contributed by atoms with Gasteiger partial charge in [0, 0.05) is 19.3 Å². The van der Waals surface area contributed by atoms with Crippen LogP contribution < -0.4 is 9.64 Å². The predicted molar refractivity (Wildman–Crippen MR) is 81.6 cm³/mol. The molecule has 1 unspecified atom stereocenters. The molecule has 1 aromatic heterocycles. The average Bonchev–Trinajstić information content (AvgIpc) is 2.95. The van der Waals surface area contributed by atoms with Gasteiger partial charge in [-0.3, -0.25) is 0 Å². The summed E-state index contributed by atoms with van der Waals surface area (Å²) < 4.78 is 28.8. The molecule has 0 amide bonds. The third-order valence-corrected chi connectivity index (χ3v) is 5.47. The molecule has 112 valence electrons. The average molecular weight is 307 g/mol. The Bertz CT molecular complexity index is 771. The summed E-state index contributed by atoms with van der Waals surface area (Å²) >= 11 is 0. The molecule has 1 fully saturated rings. The van der Waals surface area contributed by atoms with Crippen molar-refractivity contribution in [3.63, 3.8) is 0 Å². The molecule has 1 aromatic carbocycles. The standard InChI is InChI=1S/C14H17N3O3S/c1-20-12-5-3-4-11-13(12)14(16-9-15-11)17-7-6-10(8-17)21(2,18)19/h3-5,9-10H,6-8H2,1-2H3. The number of hydrogen-bond donors (Lipinski definition) is 0. The Hall–Kier alpha value is -1.89. The summed E-state index contributed by atoms with van der Waals surface area (Å²) in [4.78, 5) is 10.6. The molecule has 1 aliphatic rings. The highest BCUT2D eigenvalue weighted by Gasteiger charge is 2.31. The van der Waals surface area contributed by atoms with Gasteiger partial charge in [0.25, 0.3) is 0 Å². The molecule has 0 N–H and O–H groups in total. The highest BCUT2D eigenvalue weighted by Crippen LogP contribution is 2.33. The minimum Gasteiger partial charge on any atom is -0.496 e. The van der Waals surface area contributed by atoms with Crippen molar-refractivity contribution in [1.29, 1.82) is 0 Å². The number of nitrogens with zero attached hydrogens (tertiary/aromatic N) is 3. The van der Waals surface area contributed by atoms with E-state index in [1.807, 2.05) is 23.1 Å². The minimum absolute atomic E-state index is 0.336. The van der Waals surface area contributed by atoms with E-state index in [4.69, 9.17) is 4.74 Å². The van der Waals surface area contributed by atoms with Crippen molar-refractivity contribution in [3.05, 3.63) is 24.5 Å². The van der Waals surface area contributed by atoms with Crippen molar-refractivity contribution in [2.24, 2.45) is 0 Å². The van der Waals surface area contributed by atoms with E-state index in [9.17, 15) is 8.42 Å². The zero-order chi connectivity index (χ0) is 15.0. The van der Waals surface area contributed by atoms with Gasteiger partial charge in [-0.05, 0) is 18.6 Å². The Balaban J connectivity index is 2.06. The van der Waals surface area contributed by atoms with Crippen LogP contribution in [0.15, 0.2) is 24.5 Å². The van der Waals surface area contributed by atoms with Crippen molar-refractivity contribution >= 4 is 26.6 Å². The van der Waals surface area contributed by atoms with E-state index in [0.717, 1.165) is 16.7 Å². The fourth-order valence-electron chi connectivity index (χ4n) is 2.74. The SMILES string of the molecule is COc1cccc2ncnc(N3CCC(S(C)(=O)=O)C3)c12. The Morgan fingerprint density at radius 1 is 1.33 bits per heavy atom. The topological polar surface area (TPSA) is 72.4 Å². The van der Waals surface area contributed by atoms with Crippen LogP contribution in [0.25, 0.3) is 10.9 Å². The minimum atomic E-state index is -3.03. The molecule has 2 heterocycles. The van der Waals surface area contributed by atoms with Crippen molar-refractivity contribution in [3.8, 4) is 5.75 Å². The number of aromatic nitrogens is 2. The molecule has 1 atom stereocenters. The van der Waals surface area contributed by atoms with Crippen LogP contribution in [0.2, 0.25) is 0 Å².